The lowest BCUT2D eigenvalue weighted by Gasteiger charge is -2.24. The van der Waals surface area contributed by atoms with Crippen LogP contribution in [-0.4, -0.2) is 29.0 Å². The molecule has 1 atom stereocenters. The van der Waals surface area contributed by atoms with Gasteiger partial charge in [-0.15, -0.1) is 0 Å². The second kappa shape index (κ2) is 5.42. The van der Waals surface area contributed by atoms with Crippen molar-refractivity contribution in [1.82, 2.24) is 10.3 Å². The number of nitro groups is 1. The van der Waals surface area contributed by atoms with E-state index in [1.807, 2.05) is 0 Å². The van der Waals surface area contributed by atoms with Gasteiger partial charge in [0.05, 0.1) is 4.92 Å². The lowest BCUT2D eigenvalue weighted by molar-refractivity contribution is -0.385. The fraction of sp³-hybridized carbons (Fsp3) is 0.455. The Hall–Kier alpha value is -2.20. The van der Waals surface area contributed by atoms with Crippen LogP contribution in [0.4, 0.5) is 11.5 Å². The first kappa shape index (κ1) is 12.3. The standard InChI is InChI=1S/C11H13N5O2/c12-6-9-10(16(17)18)3-4-11(15-9)14-8-2-1-5-13-7-8/h3-4,8,13H,1-2,5,7H2,(H,14,15). The number of nitrogens with one attached hydrogen (secondary N) is 2. The Morgan fingerprint density at radius 3 is 3.06 bits per heavy atom. The molecule has 0 bridgehead atoms. The number of hydrogen-bond acceptors (Lipinski definition) is 6. The Morgan fingerprint density at radius 1 is 1.61 bits per heavy atom. The van der Waals surface area contributed by atoms with Gasteiger partial charge in [-0.1, -0.05) is 0 Å². The average Bonchev–Trinajstić information content (AvgIpc) is 2.39. The molecule has 1 aromatic rings. The molecule has 0 aromatic carbocycles. The number of piperidine rings is 1. The minimum atomic E-state index is -0.600. The number of pyridine rings is 1. The molecule has 0 amide bonds. The Balaban J connectivity index is 2.14. The van der Waals surface area contributed by atoms with Gasteiger partial charge in [-0.3, -0.25) is 10.1 Å². The third-order valence-electron chi connectivity index (χ3n) is 2.83. The average molecular weight is 247 g/mol. The number of nitrogens with zero attached hydrogens (tertiary/aromatic N) is 3. The molecule has 2 N–H and O–H groups in total. The minimum absolute atomic E-state index is 0.159. The van der Waals surface area contributed by atoms with Gasteiger partial charge < -0.3 is 10.6 Å². The molecule has 0 radical (unpaired) electrons. The van der Waals surface area contributed by atoms with E-state index >= 15 is 0 Å². The molecule has 2 heterocycles. The van der Waals surface area contributed by atoms with E-state index in [0.717, 1.165) is 25.9 Å². The fourth-order valence-electron chi connectivity index (χ4n) is 1.95. The molecule has 0 spiro atoms. The molecule has 94 valence electrons. The van der Waals surface area contributed by atoms with Crippen molar-refractivity contribution in [2.45, 2.75) is 18.9 Å². The highest BCUT2D eigenvalue weighted by Gasteiger charge is 2.18. The van der Waals surface area contributed by atoms with Crippen molar-refractivity contribution in [3.8, 4) is 6.07 Å². The van der Waals surface area contributed by atoms with Gasteiger partial charge in [0.2, 0.25) is 5.69 Å². The summed E-state index contributed by atoms with van der Waals surface area (Å²) < 4.78 is 0. The molecular weight excluding hydrogens is 234 g/mol. The molecule has 0 aliphatic carbocycles. The molecule has 0 saturated carbocycles. The van der Waals surface area contributed by atoms with E-state index in [4.69, 9.17) is 5.26 Å². The van der Waals surface area contributed by atoms with Crippen LogP contribution < -0.4 is 10.6 Å². The molecule has 1 unspecified atom stereocenters. The zero-order valence-corrected chi connectivity index (χ0v) is 9.72. The van der Waals surface area contributed by atoms with E-state index in [9.17, 15) is 10.1 Å². The normalized spacial score (nSPS) is 18.9. The molecular formula is C11H13N5O2. The first-order valence-electron chi connectivity index (χ1n) is 5.73. The van der Waals surface area contributed by atoms with Gasteiger partial charge in [0, 0.05) is 18.7 Å². The highest BCUT2D eigenvalue weighted by atomic mass is 16.6. The maximum absolute atomic E-state index is 10.7. The van der Waals surface area contributed by atoms with E-state index < -0.39 is 4.92 Å². The van der Waals surface area contributed by atoms with Crippen molar-refractivity contribution in [1.29, 1.82) is 5.26 Å². The van der Waals surface area contributed by atoms with Crippen LogP contribution in [0.3, 0.4) is 0 Å². The molecule has 1 aliphatic rings. The summed E-state index contributed by atoms with van der Waals surface area (Å²) in [5, 5.41) is 25.9. The van der Waals surface area contributed by atoms with Gasteiger partial charge in [-0.05, 0) is 25.5 Å². The van der Waals surface area contributed by atoms with Crippen LogP contribution >= 0.6 is 0 Å². The van der Waals surface area contributed by atoms with Crippen molar-refractivity contribution in [3.05, 3.63) is 27.9 Å². The van der Waals surface area contributed by atoms with Crippen molar-refractivity contribution < 1.29 is 4.92 Å². The highest BCUT2D eigenvalue weighted by molar-refractivity contribution is 5.50. The smallest absolute Gasteiger partial charge is 0.305 e. The first-order valence-corrected chi connectivity index (χ1v) is 5.73. The Morgan fingerprint density at radius 2 is 2.44 bits per heavy atom. The largest absolute Gasteiger partial charge is 0.366 e. The van der Waals surface area contributed by atoms with Crippen molar-refractivity contribution in [3.63, 3.8) is 0 Å². The highest BCUT2D eigenvalue weighted by Crippen LogP contribution is 2.19. The fourth-order valence-corrected chi connectivity index (χ4v) is 1.95. The van der Waals surface area contributed by atoms with Gasteiger partial charge in [0.25, 0.3) is 0 Å². The second-order valence-electron chi connectivity index (χ2n) is 4.12. The molecule has 7 heteroatoms. The number of aromatic nitrogens is 1. The molecule has 1 aliphatic heterocycles. The summed E-state index contributed by atoms with van der Waals surface area (Å²) >= 11 is 0. The summed E-state index contributed by atoms with van der Waals surface area (Å²) in [6.07, 6.45) is 2.10. The number of rotatable bonds is 3. The maximum atomic E-state index is 10.7. The minimum Gasteiger partial charge on any atom is -0.366 e. The van der Waals surface area contributed by atoms with Crippen molar-refractivity contribution in [2.75, 3.05) is 18.4 Å². The third-order valence-corrected chi connectivity index (χ3v) is 2.83. The second-order valence-corrected chi connectivity index (χ2v) is 4.12. The first-order chi connectivity index (χ1) is 8.70. The van der Waals surface area contributed by atoms with Gasteiger partial charge in [-0.25, -0.2) is 4.98 Å². The Kier molecular flexibility index (Phi) is 3.69. The molecule has 1 saturated heterocycles. The van der Waals surface area contributed by atoms with Crippen LogP contribution in [0.2, 0.25) is 0 Å². The van der Waals surface area contributed by atoms with Crippen LogP contribution in [-0.2, 0) is 0 Å². The van der Waals surface area contributed by atoms with Gasteiger partial charge in [0.15, 0.2) is 0 Å². The van der Waals surface area contributed by atoms with Crippen LogP contribution in [0.5, 0.6) is 0 Å². The molecule has 2 rings (SSSR count). The quantitative estimate of drug-likeness (QED) is 0.610. The predicted molar refractivity (Wildman–Crippen MR) is 65.1 cm³/mol. The van der Waals surface area contributed by atoms with E-state index in [1.165, 1.54) is 12.1 Å². The van der Waals surface area contributed by atoms with Crippen LogP contribution in [0.1, 0.15) is 18.5 Å². The van der Waals surface area contributed by atoms with Crippen molar-refractivity contribution in [2.24, 2.45) is 0 Å². The number of nitriles is 1. The lowest BCUT2D eigenvalue weighted by atomic mass is 10.1. The lowest BCUT2D eigenvalue weighted by Crippen LogP contribution is -2.38. The predicted octanol–water partition coefficient (Wildman–Crippen LogP) is 1.03. The Labute approximate surface area is 104 Å². The summed E-state index contributed by atoms with van der Waals surface area (Å²) in [6, 6.07) is 4.84. The summed E-state index contributed by atoms with van der Waals surface area (Å²) in [6.45, 7) is 1.84. The Bertz CT molecular complexity index is 491. The zero-order valence-electron chi connectivity index (χ0n) is 9.72. The van der Waals surface area contributed by atoms with E-state index in [0.29, 0.717) is 5.82 Å². The summed E-state index contributed by atoms with van der Waals surface area (Å²) in [5.41, 5.74) is -0.418. The molecule has 18 heavy (non-hydrogen) atoms. The molecule has 1 aromatic heterocycles. The van der Waals surface area contributed by atoms with Gasteiger partial charge in [-0.2, -0.15) is 5.26 Å². The SMILES string of the molecule is N#Cc1nc(NC2CCCNC2)ccc1[N+](=O)[O-]. The maximum Gasteiger partial charge on any atom is 0.305 e. The molecule has 7 nitrogen and oxygen atoms in total. The summed E-state index contributed by atoms with van der Waals surface area (Å²) in [7, 11) is 0. The van der Waals surface area contributed by atoms with E-state index in [1.54, 1.807) is 6.07 Å². The summed E-state index contributed by atoms with van der Waals surface area (Å²) in [4.78, 5) is 14.0. The van der Waals surface area contributed by atoms with E-state index in [2.05, 4.69) is 15.6 Å². The monoisotopic (exact) mass is 247 g/mol. The van der Waals surface area contributed by atoms with Gasteiger partial charge in [0.1, 0.15) is 11.9 Å². The van der Waals surface area contributed by atoms with Crippen molar-refractivity contribution >= 4 is 11.5 Å². The van der Waals surface area contributed by atoms with E-state index in [-0.39, 0.29) is 17.4 Å². The number of hydrogen-bond donors (Lipinski definition) is 2. The van der Waals surface area contributed by atoms with Gasteiger partial charge >= 0.3 is 5.69 Å². The third kappa shape index (κ3) is 2.73. The van der Waals surface area contributed by atoms with Crippen LogP contribution in [0.25, 0.3) is 0 Å². The number of anilines is 1. The zero-order chi connectivity index (χ0) is 13.0. The molecule has 1 fully saturated rings. The summed E-state index contributed by atoms with van der Waals surface area (Å²) in [5.74, 6) is 0.505. The van der Waals surface area contributed by atoms with Crippen LogP contribution in [0.15, 0.2) is 12.1 Å². The van der Waals surface area contributed by atoms with Crippen LogP contribution in [0, 0.1) is 21.4 Å². The topological polar surface area (TPSA) is 104 Å².